The monoisotopic (exact) mass is 296 g/mol. The lowest BCUT2D eigenvalue weighted by molar-refractivity contribution is -0.114. The normalized spacial score (nSPS) is 16.1. The fraction of sp³-hybridized carbons (Fsp3) is 0.385. The molecule has 1 saturated heterocycles. The van der Waals surface area contributed by atoms with Crippen LogP contribution in [0.5, 0.6) is 0 Å². The fourth-order valence-corrected chi connectivity index (χ4v) is 2.72. The molecule has 0 aromatic heterocycles. The molecular formula is C13H17FN4OS. The van der Waals surface area contributed by atoms with E-state index in [9.17, 15) is 9.18 Å². The van der Waals surface area contributed by atoms with Gasteiger partial charge in [0.2, 0.25) is 5.91 Å². The van der Waals surface area contributed by atoms with Crippen molar-refractivity contribution >= 4 is 29.3 Å². The number of thioether (sulfide) groups is 1. The lowest BCUT2D eigenvalue weighted by atomic mass is 10.3. The van der Waals surface area contributed by atoms with Crippen molar-refractivity contribution in [2.24, 2.45) is 10.7 Å². The third-order valence-electron chi connectivity index (χ3n) is 2.83. The molecule has 1 aliphatic rings. The van der Waals surface area contributed by atoms with Crippen molar-refractivity contribution in [2.45, 2.75) is 0 Å². The van der Waals surface area contributed by atoms with Crippen LogP contribution in [0.15, 0.2) is 29.3 Å². The summed E-state index contributed by atoms with van der Waals surface area (Å²) in [5.41, 5.74) is 6.26. The van der Waals surface area contributed by atoms with Crippen LogP contribution in [0.2, 0.25) is 0 Å². The first-order chi connectivity index (χ1) is 9.65. The van der Waals surface area contributed by atoms with E-state index in [2.05, 4.69) is 10.3 Å². The molecule has 2 rings (SSSR count). The van der Waals surface area contributed by atoms with Crippen molar-refractivity contribution in [3.63, 3.8) is 0 Å². The van der Waals surface area contributed by atoms with Gasteiger partial charge in [-0.25, -0.2) is 9.38 Å². The maximum Gasteiger partial charge on any atom is 0.246 e. The Morgan fingerprint density at radius 1 is 1.45 bits per heavy atom. The van der Waals surface area contributed by atoms with E-state index in [-0.39, 0.29) is 12.5 Å². The number of guanidine groups is 1. The highest BCUT2D eigenvalue weighted by atomic mass is 32.2. The van der Waals surface area contributed by atoms with Gasteiger partial charge in [0.15, 0.2) is 5.96 Å². The van der Waals surface area contributed by atoms with E-state index in [1.807, 2.05) is 16.7 Å². The van der Waals surface area contributed by atoms with E-state index in [4.69, 9.17) is 5.73 Å². The fourth-order valence-electron chi connectivity index (χ4n) is 1.81. The van der Waals surface area contributed by atoms with Gasteiger partial charge in [-0.15, -0.1) is 0 Å². The summed E-state index contributed by atoms with van der Waals surface area (Å²) in [6.45, 7) is 1.64. The maximum atomic E-state index is 13.0. The average molecular weight is 296 g/mol. The molecule has 1 heterocycles. The molecule has 0 radical (unpaired) electrons. The second kappa shape index (κ2) is 7.14. The number of nitrogens with two attached hydrogens (primary N) is 1. The number of aliphatic imine (C=N–C) groups is 1. The number of benzene rings is 1. The van der Waals surface area contributed by atoms with E-state index < -0.39 is 5.82 Å². The van der Waals surface area contributed by atoms with Gasteiger partial charge in [-0.3, -0.25) is 4.79 Å². The number of hydrogen-bond donors (Lipinski definition) is 2. The molecule has 108 valence electrons. The van der Waals surface area contributed by atoms with Crippen molar-refractivity contribution < 1.29 is 9.18 Å². The molecule has 1 aromatic rings. The maximum absolute atomic E-state index is 13.0. The number of halogens is 1. The Kier molecular flexibility index (Phi) is 5.23. The molecule has 3 N–H and O–H groups in total. The van der Waals surface area contributed by atoms with Crippen molar-refractivity contribution in [2.75, 3.05) is 36.5 Å². The van der Waals surface area contributed by atoms with Crippen molar-refractivity contribution in [3.8, 4) is 0 Å². The van der Waals surface area contributed by atoms with E-state index in [0.29, 0.717) is 11.6 Å². The zero-order valence-electron chi connectivity index (χ0n) is 11.0. The first kappa shape index (κ1) is 14.6. The first-order valence-corrected chi connectivity index (χ1v) is 7.48. The van der Waals surface area contributed by atoms with Crippen LogP contribution in [-0.2, 0) is 4.79 Å². The zero-order valence-corrected chi connectivity index (χ0v) is 11.8. The molecule has 20 heavy (non-hydrogen) atoms. The van der Waals surface area contributed by atoms with Gasteiger partial charge in [-0.1, -0.05) is 6.07 Å². The highest BCUT2D eigenvalue weighted by molar-refractivity contribution is 7.99. The minimum Gasteiger partial charge on any atom is -0.370 e. The van der Waals surface area contributed by atoms with Crippen molar-refractivity contribution in [1.82, 2.24) is 4.90 Å². The van der Waals surface area contributed by atoms with E-state index in [1.165, 1.54) is 18.2 Å². The molecule has 0 saturated carbocycles. The van der Waals surface area contributed by atoms with Crippen molar-refractivity contribution in [3.05, 3.63) is 30.1 Å². The Balaban J connectivity index is 1.84. The Hall–Kier alpha value is -1.76. The molecule has 0 aliphatic carbocycles. The quantitative estimate of drug-likeness (QED) is 0.648. The molecule has 1 aliphatic heterocycles. The van der Waals surface area contributed by atoms with Gasteiger partial charge in [-0.05, 0) is 18.2 Å². The summed E-state index contributed by atoms with van der Waals surface area (Å²) in [5.74, 6) is 1.72. The van der Waals surface area contributed by atoms with Crippen LogP contribution in [0.1, 0.15) is 0 Å². The van der Waals surface area contributed by atoms with Gasteiger partial charge in [0, 0.05) is 30.3 Å². The largest absolute Gasteiger partial charge is 0.370 e. The summed E-state index contributed by atoms with van der Waals surface area (Å²) in [6, 6.07) is 5.73. The number of anilines is 1. The number of carbonyl (C=O) groups excluding carboxylic acids is 1. The third-order valence-corrected chi connectivity index (χ3v) is 3.77. The van der Waals surface area contributed by atoms with Crippen LogP contribution in [0, 0.1) is 5.82 Å². The highest BCUT2D eigenvalue weighted by Crippen LogP contribution is 2.09. The molecule has 1 aromatic carbocycles. The lowest BCUT2D eigenvalue weighted by Gasteiger charge is -2.27. The minimum absolute atomic E-state index is 0.0635. The van der Waals surface area contributed by atoms with Gasteiger partial charge in [0.1, 0.15) is 12.4 Å². The van der Waals surface area contributed by atoms with E-state index in [0.717, 1.165) is 24.6 Å². The summed E-state index contributed by atoms with van der Waals surface area (Å²) in [6.07, 6.45) is 0. The Morgan fingerprint density at radius 2 is 2.20 bits per heavy atom. The van der Waals surface area contributed by atoms with Crippen LogP contribution in [-0.4, -0.2) is 47.9 Å². The summed E-state index contributed by atoms with van der Waals surface area (Å²) in [4.78, 5) is 17.7. The van der Waals surface area contributed by atoms with Gasteiger partial charge < -0.3 is 16.0 Å². The van der Waals surface area contributed by atoms with Crippen LogP contribution in [0.4, 0.5) is 10.1 Å². The van der Waals surface area contributed by atoms with E-state index in [1.54, 1.807) is 6.07 Å². The summed E-state index contributed by atoms with van der Waals surface area (Å²) >= 11 is 1.88. The predicted octanol–water partition coefficient (Wildman–Crippen LogP) is 1.13. The van der Waals surface area contributed by atoms with Crippen LogP contribution >= 0.6 is 11.8 Å². The van der Waals surface area contributed by atoms with Crippen LogP contribution in [0.3, 0.4) is 0 Å². The molecule has 0 atom stereocenters. The Morgan fingerprint density at radius 3 is 2.90 bits per heavy atom. The van der Waals surface area contributed by atoms with Gasteiger partial charge in [-0.2, -0.15) is 11.8 Å². The molecule has 1 amide bonds. The second-order valence-corrected chi connectivity index (χ2v) is 5.56. The van der Waals surface area contributed by atoms with Gasteiger partial charge >= 0.3 is 0 Å². The summed E-state index contributed by atoms with van der Waals surface area (Å²) in [5, 5.41) is 2.58. The molecular weight excluding hydrogens is 279 g/mol. The molecule has 7 heteroatoms. The number of nitrogens with one attached hydrogen (secondary N) is 1. The number of carbonyl (C=O) groups is 1. The molecule has 1 fully saturated rings. The smallest absolute Gasteiger partial charge is 0.246 e. The predicted molar refractivity (Wildman–Crippen MR) is 80.4 cm³/mol. The molecule has 0 spiro atoms. The van der Waals surface area contributed by atoms with Crippen LogP contribution in [0.25, 0.3) is 0 Å². The molecule has 5 nitrogen and oxygen atoms in total. The SMILES string of the molecule is NC(=NCC(=O)Nc1cccc(F)c1)N1CCSCC1. The zero-order chi connectivity index (χ0) is 14.4. The Labute approximate surface area is 121 Å². The van der Waals surface area contributed by atoms with Gasteiger partial charge in [0.05, 0.1) is 0 Å². The molecule has 0 bridgehead atoms. The third kappa shape index (κ3) is 4.41. The number of nitrogens with zero attached hydrogens (tertiary/aromatic N) is 2. The lowest BCUT2D eigenvalue weighted by Crippen LogP contribution is -2.43. The molecule has 0 unspecified atom stereocenters. The average Bonchev–Trinajstić information content (AvgIpc) is 2.46. The number of hydrogen-bond acceptors (Lipinski definition) is 3. The number of amides is 1. The Bertz CT molecular complexity index is 503. The van der Waals surface area contributed by atoms with Crippen LogP contribution < -0.4 is 11.1 Å². The summed E-state index contributed by atoms with van der Waals surface area (Å²) in [7, 11) is 0. The topological polar surface area (TPSA) is 70.7 Å². The first-order valence-electron chi connectivity index (χ1n) is 6.33. The van der Waals surface area contributed by atoms with Gasteiger partial charge in [0.25, 0.3) is 0 Å². The highest BCUT2D eigenvalue weighted by Gasteiger charge is 2.12. The standard InChI is InChI=1S/C13H17FN4OS/c14-10-2-1-3-11(8-10)17-12(19)9-16-13(15)18-4-6-20-7-5-18/h1-3,8H,4-7,9H2,(H2,15,16)(H,17,19). The van der Waals surface area contributed by atoms with Crippen molar-refractivity contribution in [1.29, 1.82) is 0 Å². The summed E-state index contributed by atoms with van der Waals surface area (Å²) < 4.78 is 13.0. The second-order valence-electron chi connectivity index (χ2n) is 4.33. The number of rotatable bonds is 3. The van der Waals surface area contributed by atoms with E-state index >= 15 is 0 Å². The minimum atomic E-state index is -0.392.